The van der Waals surface area contributed by atoms with Crippen molar-refractivity contribution in [3.8, 4) is 11.5 Å². The summed E-state index contributed by atoms with van der Waals surface area (Å²) in [5, 5.41) is 4.65. The fraction of sp³-hybridized carbons (Fsp3) is 0.333. The van der Waals surface area contributed by atoms with Crippen molar-refractivity contribution in [1.29, 1.82) is 0 Å². The number of benzene rings is 2. The third-order valence-corrected chi connectivity index (χ3v) is 6.08. The van der Waals surface area contributed by atoms with Crippen LogP contribution in [0.2, 0.25) is 0 Å². The monoisotopic (exact) mass is 461 g/mol. The molecule has 0 spiro atoms. The van der Waals surface area contributed by atoms with E-state index in [2.05, 4.69) is 19.2 Å². The minimum atomic E-state index is -0.195. The number of ether oxygens (including phenoxy) is 2. The van der Waals surface area contributed by atoms with E-state index < -0.39 is 0 Å². The Morgan fingerprint density at radius 2 is 1.79 bits per heavy atom. The second-order valence-corrected chi connectivity index (χ2v) is 8.89. The van der Waals surface area contributed by atoms with Crippen molar-refractivity contribution in [3.05, 3.63) is 70.1 Å². The maximum absolute atomic E-state index is 13.4. The standard InChI is InChI=1S/C27H31N3O4/c1-17(2)15-30-16-20(24-19-8-6-7-9-21(19)29(3)25(24)27(30)32)26(31)28-13-12-18-10-11-22(33-4)23(14-18)34-5/h6-11,14,16-17H,12-13,15H2,1-5H3,(H,28,31). The molecular weight excluding hydrogens is 430 g/mol. The number of carbonyl (C=O) groups excluding carboxylic acids is 1. The molecule has 0 aliphatic heterocycles. The summed E-state index contributed by atoms with van der Waals surface area (Å²) in [6.45, 7) is 5.11. The number of hydrogen-bond donors (Lipinski definition) is 1. The third kappa shape index (κ3) is 4.25. The molecule has 0 radical (unpaired) electrons. The first-order valence-electron chi connectivity index (χ1n) is 11.4. The lowest BCUT2D eigenvalue weighted by molar-refractivity contribution is 0.0955. The van der Waals surface area contributed by atoms with Gasteiger partial charge in [-0.3, -0.25) is 9.59 Å². The van der Waals surface area contributed by atoms with Crippen LogP contribution >= 0.6 is 0 Å². The van der Waals surface area contributed by atoms with Gasteiger partial charge in [0.2, 0.25) is 0 Å². The predicted octanol–water partition coefficient (Wildman–Crippen LogP) is 4.14. The number of pyridine rings is 1. The summed E-state index contributed by atoms with van der Waals surface area (Å²) in [5.74, 6) is 1.40. The molecule has 2 heterocycles. The van der Waals surface area contributed by atoms with Gasteiger partial charge in [-0.05, 0) is 36.1 Å². The van der Waals surface area contributed by atoms with Gasteiger partial charge >= 0.3 is 0 Å². The third-order valence-electron chi connectivity index (χ3n) is 6.08. The molecule has 7 nitrogen and oxygen atoms in total. The summed E-state index contributed by atoms with van der Waals surface area (Å²) in [7, 11) is 5.08. The number of fused-ring (bicyclic) bond motifs is 3. The minimum Gasteiger partial charge on any atom is -0.493 e. The SMILES string of the molecule is COc1ccc(CCNC(=O)c2cn(CC(C)C)c(=O)c3c2c2ccccc2n3C)cc1OC. The molecule has 34 heavy (non-hydrogen) atoms. The average Bonchev–Trinajstić information content (AvgIpc) is 3.13. The van der Waals surface area contributed by atoms with E-state index in [1.54, 1.807) is 25.0 Å². The minimum absolute atomic E-state index is 0.0794. The Hall–Kier alpha value is -3.74. The van der Waals surface area contributed by atoms with Crippen molar-refractivity contribution >= 4 is 27.7 Å². The summed E-state index contributed by atoms with van der Waals surface area (Å²) in [5.41, 5.74) is 2.94. The van der Waals surface area contributed by atoms with E-state index in [1.165, 1.54) is 0 Å². The first-order valence-corrected chi connectivity index (χ1v) is 11.4. The number of carbonyl (C=O) groups is 1. The van der Waals surface area contributed by atoms with Crippen LogP contribution in [0.25, 0.3) is 21.8 Å². The molecule has 4 rings (SSSR count). The summed E-state index contributed by atoms with van der Waals surface area (Å²) in [6.07, 6.45) is 2.35. The molecule has 2 aromatic heterocycles. The number of amides is 1. The quantitative estimate of drug-likeness (QED) is 0.428. The number of methoxy groups -OCH3 is 2. The first-order chi connectivity index (χ1) is 16.3. The highest BCUT2D eigenvalue weighted by Gasteiger charge is 2.21. The second-order valence-electron chi connectivity index (χ2n) is 8.89. The number of nitrogens with one attached hydrogen (secondary N) is 1. The van der Waals surface area contributed by atoms with Gasteiger partial charge in [0.15, 0.2) is 11.5 Å². The Bertz CT molecular complexity index is 1420. The van der Waals surface area contributed by atoms with Crippen LogP contribution in [0.1, 0.15) is 29.8 Å². The van der Waals surface area contributed by atoms with Crippen LogP contribution in [0.3, 0.4) is 0 Å². The van der Waals surface area contributed by atoms with Gasteiger partial charge in [-0.1, -0.05) is 38.1 Å². The molecular formula is C27H31N3O4. The number of nitrogens with zero attached hydrogens (tertiary/aromatic N) is 2. The molecule has 0 atom stereocenters. The van der Waals surface area contributed by atoms with E-state index in [1.807, 2.05) is 54.1 Å². The predicted molar refractivity (Wildman–Crippen MR) is 135 cm³/mol. The zero-order valence-electron chi connectivity index (χ0n) is 20.3. The molecule has 4 aromatic rings. The van der Waals surface area contributed by atoms with Crippen LogP contribution in [-0.2, 0) is 20.0 Å². The zero-order valence-corrected chi connectivity index (χ0v) is 20.3. The molecule has 0 saturated carbocycles. The maximum Gasteiger partial charge on any atom is 0.275 e. The van der Waals surface area contributed by atoms with Crippen molar-refractivity contribution in [3.63, 3.8) is 0 Å². The van der Waals surface area contributed by atoms with Crippen LogP contribution in [0, 0.1) is 5.92 Å². The number of para-hydroxylation sites is 1. The second kappa shape index (κ2) is 9.63. The van der Waals surface area contributed by atoms with Gasteiger partial charge in [0.05, 0.1) is 19.8 Å². The molecule has 2 aromatic carbocycles. The lowest BCUT2D eigenvalue weighted by Crippen LogP contribution is -2.30. The lowest BCUT2D eigenvalue weighted by atomic mass is 10.1. The molecule has 1 amide bonds. The Labute approximate surface area is 198 Å². The molecule has 7 heteroatoms. The molecule has 0 unspecified atom stereocenters. The van der Waals surface area contributed by atoms with Crippen LogP contribution in [0.5, 0.6) is 11.5 Å². The van der Waals surface area contributed by atoms with Crippen molar-refractivity contribution in [1.82, 2.24) is 14.5 Å². The first kappa shape index (κ1) is 23.4. The van der Waals surface area contributed by atoms with E-state index in [4.69, 9.17) is 9.47 Å². The largest absolute Gasteiger partial charge is 0.493 e. The van der Waals surface area contributed by atoms with Crippen LogP contribution in [-0.4, -0.2) is 35.8 Å². The number of rotatable bonds is 8. The Balaban J connectivity index is 1.69. The Kier molecular flexibility index (Phi) is 6.63. The van der Waals surface area contributed by atoms with Gasteiger partial charge in [0, 0.05) is 42.6 Å². The van der Waals surface area contributed by atoms with Gasteiger partial charge in [0.1, 0.15) is 5.52 Å². The summed E-state index contributed by atoms with van der Waals surface area (Å²) >= 11 is 0. The van der Waals surface area contributed by atoms with E-state index >= 15 is 0 Å². The molecule has 0 bridgehead atoms. The van der Waals surface area contributed by atoms with Gasteiger partial charge in [-0.15, -0.1) is 0 Å². The van der Waals surface area contributed by atoms with Crippen molar-refractivity contribution in [2.45, 2.75) is 26.8 Å². The average molecular weight is 462 g/mol. The van der Waals surface area contributed by atoms with Gasteiger partial charge < -0.3 is 23.9 Å². The lowest BCUT2D eigenvalue weighted by Gasteiger charge is -2.14. The fourth-order valence-electron chi connectivity index (χ4n) is 4.48. The van der Waals surface area contributed by atoms with Crippen molar-refractivity contribution < 1.29 is 14.3 Å². The topological polar surface area (TPSA) is 74.5 Å². The van der Waals surface area contributed by atoms with Gasteiger partial charge in [-0.25, -0.2) is 0 Å². The highest BCUT2D eigenvalue weighted by atomic mass is 16.5. The van der Waals surface area contributed by atoms with Gasteiger partial charge in [0.25, 0.3) is 11.5 Å². The van der Waals surface area contributed by atoms with E-state index in [0.717, 1.165) is 16.5 Å². The molecule has 0 fully saturated rings. The van der Waals surface area contributed by atoms with Crippen molar-refractivity contribution in [2.75, 3.05) is 20.8 Å². The van der Waals surface area contributed by atoms with Crippen molar-refractivity contribution in [2.24, 2.45) is 13.0 Å². The van der Waals surface area contributed by atoms with E-state index in [9.17, 15) is 9.59 Å². The Morgan fingerprint density at radius 1 is 1.06 bits per heavy atom. The highest BCUT2D eigenvalue weighted by molar-refractivity contribution is 6.17. The molecule has 0 aliphatic carbocycles. The van der Waals surface area contributed by atoms with Crippen LogP contribution in [0.15, 0.2) is 53.5 Å². The summed E-state index contributed by atoms with van der Waals surface area (Å²) in [6, 6.07) is 13.5. The number of hydrogen-bond acceptors (Lipinski definition) is 4. The van der Waals surface area contributed by atoms with Crippen LogP contribution in [0.4, 0.5) is 0 Å². The zero-order chi connectivity index (χ0) is 24.4. The summed E-state index contributed by atoms with van der Waals surface area (Å²) < 4.78 is 14.2. The van der Waals surface area contributed by atoms with Crippen LogP contribution < -0.4 is 20.3 Å². The number of aryl methyl sites for hydroxylation is 1. The molecule has 0 aliphatic rings. The molecule has 178 valence electrons. The number of aromatic nitrogens is 2. The highest BCUT2D eigenvalue weighted by Crippen LogP contribution is 2.29. The normalized spacial score (nSPS) is 11.4. The maximum atomic E-state index is 13.4. The summed E-state index contributed by atoms with van der Waals surface area (Å²) in [4.78, 5) is 26.7. The van der Waals surface area contributed by atoms with E-state index in [0.29, 0.717) is 47.5 Å². The smallest absolute Gasteiger partial charge is 0.275 e. The van der Waals surface area contributed by atoms with Gasteiger partial charge in [-0.2, -0.15) is 0 Å². The molecule has 1 N–H and O–H groups in total. The molecule has 0 saturated heterocycles. The Morgan fingerprint density at radius 3 is 2.50 bits per heavy atom. The van der Waals surface area contributed by atoms with E-state index in [-0.39, 0.29) is 17.4 Å². The fourth-order valence-corrected chi connectivity index (χ4v) is 4.48.